The van der Waals surface area contributed by atoms with Gasteiger partial charge < -0.3 is 24.6 Å². The van der Waals surface area contributed by atoms with Crippen molar-refractivity contribution in [2.75, 3.05) is 19.2 Å². The molecule has 2 N–H and O–H groups in total. The van der Waals surface area contributed by atoms with Crippen LogP contribution in [-0.4, -0.2) is 30.9 Å². The number of carboxylic acids is 1. The number of carbonyl (C=O) groups is 2. The van der Waals surface area contributed by atoms with E-state index in [1.807, 2.05) is 18.2 Å². The minimum absolute atomic E-state index is 0.158. The van der Waals surface area contributed by atoms with Gasteiger partial charge in [0.15, 0.2) is 11.5 Å². The topological polar surface area (TPSA) is 94.1 Å². The van der Waals surface area contributed by atoms with Crippen LogP contribution in [0.2, 0.25) is 0 Å². The highest BCUT2D eigenvalue weighted by Crippen LogP contribution is 2.50. The fraction of sp³-hybridized carbons (Fsp3) is 0.182. The number of benzene rings is 2. The summed E-state index contributed by atoms with van der Waals surface area (Å²) in [5.41, 5.74) is 2.66. The smallest absolute Gasteiger partial charge is 0.346 e. The highest BCUT2D eigenvalue weighted by Gasteiger charge is 2.35. The first-order valence-corrected chi connectivity index (χ1v) is 10.1. The van der Waals surface area contributed by atoms with Crippen LogP contribution in [-0.2, 0) is 4.79 Å². The van der Waals surface area contributed by atoms with Crippen molar-refractivity contribution in [3.63, 3.8) is 0 Å². The molecular weight excluding hydrogens is 406 g/mol. The van der Waals surface area contributed by atoms with Gasteiger partial charge in [-0.25, -0.2) is 4.79 Å². The molecule has 2 aliphatic heterocycles. The zero-order valence-corrected chi connectivity index (χ0v) is 16.7. The molecule has 0 fully saturated rings. The minimum atomic E-state index is -1.03. The molecule has 0 saturated carbocycles. The van der Waals surface area contributed by atoms with Gasteiger partial charge in [-0.3, -0.25) is 4.79 Å². The molecule has 30 heavy (non-hydrogen) atoms. The third-order valence-corrected chi connectivity index (χ3v) is 6.57. The lowest BCUT2D eigenvalue weighted by molar-refractivity contribution is -0.116. The highest BCUT2D eigenvalue weighted by atomic mass is 32.1. The van der Waals surface area contributed by atoms with Crippen LogP contribution >= 0.6 is 11.3 Å². The molecule has 0 aliphatic carbocycles. The molecule has 3 aromatic rings. The quantitative estimate of drug-likeness (QED) is 0.649. The fourth-order valence-corrected chi connectivity index (χ4v) is 5.12. The number of aromatic carboxylic acids is 1. The molecule has 8 heteroatoms. The van der Waals surface area contributed by atoms with E-state index >= 15 is 0 Å². The van der Waals surface area contributed by atoms with Crippen LogP contribution in [0.5, 0.6) is 17.2 Å². The molecule has 152 valence electrons. The number of carbonyl (C=O) groups excluding carboxylic acids is 1. The Morgan fingerprint density at radius 3 is 2.67 bits per heavy atom. The predicted molar refractivity (Wildman–Crippen MR) is 111 cm³/mol. The molecule has 1 aromatic heterocycles. The Bertz CT molecular complexity index is 1170. The molecule has 0 unspecified atom stereocenters. The Hall–Kier alpha value is -3.52. The van der Waals surface area contributed by atoms with Crippen LogP contribution in [0.1, 0.15) is 32.5 Å². The van der Waals surface area contributed by atoms with Crippen molar-refractivity contribution in [3.05, 3.63) is 57.8 Å². The normalized spacial score (nSPS) is 16.7. The number of hydrogen-bond acceptors (Lipinski definition) is 6. The largest absolute Gasteiger partial charge is 0.497 e. The molecule has 0 bridgehead atoms. The van der Waals surface area contributed by atoms with Crippen LogP contribution in [0, 0.1) is 0 Å². The zero-order valence-electron chi connectivity index (χ0n) is 15.9. The van der Waals surface area contributed by atoms with Crippen molar-refractivity contribution < 1.29 is 28.9 Å². The number of methoxy groups -OCH3 is 1. The molecular formula is C22H17NO6S. The van der Waals surface area contributed by atoms with Crippen LogP contribution in [0.25, 0.3) is 11.1 Å². The van der Waals surface area contributed by atoms with Gasteiger partial charge in [0.25, 0.3) is 0 Å². The van der Waals surface area contributed by atoms with Crippen LogP contribution < -0.4 is 19.5 Å². The molecule has 0 saturated heterocycles. The van der Waals surface area contributed by atoms with Crippen molar-refractivity contribution in [2.24, 2.45) is 0 Å². The minimum Gasteiger partial charge on any atom is -0.497 e. The van der Waals surface area contributed by atoms with Crippen LogP contribution in [0.15, 0.2) is 42.5 Å². The number of carboxylic acid groups (broad SMARTS) is 1. The SMILES string of the molecule is COc1ccc(-c2c(C(=O)O)sc3c2NC(=O)C[C@H]3c2ccc3c(c2)OCO3)cc1. The Morgan fingerprint density at radius 1 is 1.17 bits per heavy atom. The number of amides is 1. The van der Waals surface area contributed by atoms with E-state index in [-0.39, 0.29) is 29.9 Å². The second-order valence-electron chi connectivity index (χ2n) is 7.00. The number of rotatable bonds is 4. The van der Waals surface area contributed by atoms with Gasteiger partial charge >= 0.3 is 5.97 Å². The fourth-order valence-electron chi connectivity index (χ4n) is 3.87. The summed E-state index contributed by atoms with van der Waals surface area (Å²) in [7, 11) is 1.57. The molecule has 1 atom stereocenters. The lowest BCUT2D eigenvalue weighted by Gasteiger charge is -2.24. The van der Waals surface area contributed by atoms with E-state index in [9.17, 15) is 14.7 Å². The molecule has 0 radical (unpaired) electrons. The Morgan fingerprint density at radius 2 is 1.93 bits per heavy atom. The summed E-state index contributed by atoms with van der Waals surface area (Å²) in [6, 6.07) is 12.7. The summed E-state index contributed by atoms with van der Waals surface area (Å²) >= 11 is 1.20. The lowest BCUT2D eigenvalue weighted by Crippen LogP contribution is -2.22. The Balaban J connectivity index is 1.66. The summed E-state index contributed by atoms with van der Waals surface area (Å²) < 4.78 is 16.1. The van der Waals surface area contributed by atoms with E-state index < -0.39 is 5.97 Å². The van der Waals surface area contributed by atoms with E-state index in [1.54, 1.807) is 31.4 Å². The van der Waals surface area contributed by atoms with Crippen molar-refractivity contribution >= 4 is 28.9 Å². The first kappa shape index (κ1) is 18.5. The van der Waals surface area contributed by atoms with Gasteiger partial charge in [-0.1, -0.05) is 18.2 Å². The van der Waals surface area contributed by atoms with Gasteiger partial charge in [0.05, 0.1) is 12.8 Å². The summed E-state index contributed by atoms with van der Waals surface area (Å²) in [6.45, 7) is 0.166. The molecule has 2 aromatic carbocycles. The zero-order chi connectivity index (χ0) is 20.8. The average Bonchev–Trinajstić information content (AvgIpc) is 3.37. The summed E-state index contributed by atoms with van der Waals surface area (Å²) in [5, 5.41) is 12.8. The maximum atomic E-state index is 12.6. The Kier molecular flexibility index (Phi) is 4.36. The van der Waals surface area contributed by atoms with Crippen molar-refractivity contribution in [1.82, 2.24) is 0 Å². The number of fused-ring (bicyclic) bond motifs is 2. The first-order valence-electron chi connectivity index (χ1n) is 9.29. The summed E-state index contributed by atoms with van der Waals surface area (Å²) in [4.78, 5) is 25.6. The molecule has 5 rings (SSSR count). The maximum Gasteiger partial charge on any atom is 0.346 e. The van der Waals surface area contributed by atoms with Crippen LogP contribution in [0.3, 0.4) is 0 Å². The van der Waals surface area contributed by atoms with E-state index in [0.29, 0.717) is 34.1 Å². The van der Waals surface area contributed by atoms with E-state index in [0.717, 1.165) is 10.4 Å². The molecule has 0 spiro atoms. The second kappa shape index (κ2) is 7.07. The summed E-state index contributed by atoms with van der Waals surface area (Å²) in [6.07, 6.45) is 0.230. The van der Waals surface area contributed by atoms with Gasteiger partial charge in [0, 0.05) is 22.8 Å². The van der Waals surface area contributed by atoms with E-state index in [1.165, 1.54) is 11.3 Å². The third-order valence-electron chi connectivity index (χ3n) is 5.28. The van der Waals surface area contributed by atoms with Gasteiger partial charge in [-0.05, 0) is 35.4 Å². The highest BCUT2D eigenvalue weighted by molar-refractivity contribution is 7.15. The van der Waals surface area contributed by atoms with Gasteiger partial charge in [0.1, 0.15) is 10.6 Å². The van der Waals surface area contributed by atoms with Gasteiger partial charge in [0.2, 0.25) is 12.7 Å². The number of ether oxygens (including phenoxy) is 3. The Labute approximate surface area is 175 Å². The molecule has 3 heterocycles. The van der Waals surface area contributed by atoms with Crippen LogP contribution in [0.4, 0.5) is 5.69 Å². The molecule has 7 nitrogen and oxygen atoms in total. The van der Waals surface area contributed by atoms with Crippen molar-refractivity contribution in [3.8, 4) is 28.4 Å². The average molecular weight is 423 g/mol. The van der Waals surface area contributed by atoms with E-state index in [4.69, 9.17) is 14.2 Å². The van der Waals surface area contributed by atoms with Gasteiger partial charge in [-0.2, -0.15) is 0 Å². The maximum absolute atomic E-state index is 12.6. The number of thiophene rings is 1. The monoisotopic (exact) mass is 423 g/mol. The molecule has 2 aliphatic rings. The molecule has 1 amide bonds. The number of hydrogen-bond donors (Lipinski definition) is 2. The second-order valence-corrected chi connectivity index (χ2v) is 8.05. The lowest BCUT2D eigenvalue weighted by atomic mass is 9.88. The van der Waals surface area contributed by atoms with Crippen molar-refractivity contribution in [2.45, 2.75) is 12.3 Å². The third kappa shape index (κ3) is 2.96. The van der Waals surface area contributed by atoms with E-state index in [2.05, 4.69) is 5.32 Å². The standard InChI is InChI=1S/C22H17NO6S/c1-27-13-5-2-11(3-6-13)18-19-20(30-21(18)22(25)26)14(9-17(24)23-19)12-4-7-15-16(8-12)29-10-28-15/h2-8,14H,9-10H2,1H3,(H,23,24)(H,25,26)/t14-/m0/s1. The summed E-state index contributed by atoms with van der Waals surface area (Å²) in [5.74, 6) is 0.509. The van der Waals surface area contributed by atoms with Crippen molar-refractivity contribution in [1.29, 1.82) is 0 Å². The first-order chi connectivity index (χ1) is 14.5. The number of nitrogens with one attached hydrogen (secondary N) is 1. The predicted octanol–water partition coefficient (Wildman–Crippen LogP) is 4.32. The van der Waals surface area contributed by atoms with Gasteiger partial charge in [-0.15, -0.1) is 11.3 Å². The number of anilines is 1.